The summed E-state index contributed by atoms with van der Waals surface area (Å²) >= 11 is 9.30. The van der Waals surface area contributed by atoms with Crippen LogP contribution in [0.4, 0.5) is 0 Å². The lowest BCUT2D eigenvalue weighted by atomic mass is 10.2. The van der Waals surface area contributed by atoms with Crippen molar-refractivity contribution in [2.24, 2.45) is 5.73 Å². The zero-order valence-corrected chi connectivity index (χ0v) is 9.71. The number of nitrogens with two attached hydrogens (primary N) is 1. The van der Waals surface area contributed by atoms with Crippen LogP contribution in [0.25, 0.3) is 10.9 Å². The van der Waals surface area contributed by atoms with Crippen molar-refractivity contribution in [1.82, 2.24) is 10.2 Å². The number of nitrogens with zero attached hydrogens (tertiary/aromatic N) is 2. The summed E-state index contributed by atoms with van der Waals surface area (Å²) < 4.78 is 0.769. The molecule has 0 saturated heterocycles. The minimum Gasteiger partial charge on any atom is -0.364 e. The Morgan fingerprint density at radius 2 is 2.13 bits per heavy atom. The monoisotopic (exact) mass is 285 g/mol. The maximum atomic E-state index is 11.0. The lowest BCUT2D eigenvalue weighted by Gasteiger charge is -2.03. The molecule has 15 heavy (non-hydrogen) atoms. The maximum absolute atomic E-state index is 11.0. The first-order chi connectivity index (χ1) is 7.11. The minimum absolute atomic E-state index is 0.0118. The Morgan fingerprint density at radius 3 is 2.80 bits per heavy atom. The summed E-state index contributed by atoms with van der Waals surface area (Å²) in [6.07, 6.45) is 0. The van der Waals surface area contributed by atoms with E-state index in [1.807, 2.05) is 6.07 Å². The van der Waals surface area contributed by atoms with Crippen molar-refractivity contribution in [3.63, 3.8) is 0 Å². The number of fused-ring (bicyclic) bond motifs is 1. The molecule has 0 aliphatic heterocycles. The van der Waals surface area contributed by atoms with E-state index in [1.54, 1.807) is 12.1 Å². The Hall–Kier alpha value is -1.20. The van der Waals surface area contributed by atoms with E-state index in [2.05, 4.69) is 26.1 Å². The zero-order valence-electron chi connectivity index (χ0n) is 7.37. The molecule has 1 amide bonds. The van der Waals surface area contributed by atoms with Gasteiger partial charge in [-0.3, -0.25) is 4.79 Å². The highest BCUT2D eigenvalue weighted by molar-refractivity contribution is 9.10. The fraction of sp³-hybridized carbons (Fsp3) is 0. The maximum Gasteiger partial charge on any atom is 0.270 e. The standard InChI is InChI=1S/C9H5BrClN3O/c10-5-3-1-2-4-6(11)8(9(12)15)14-13-7(4)5/h1-3H,(H2,12,15). The van der Waals surface area contributed by atoms with Gasteiger partial charge >= 0.3 is 0 Å². The summed E-state index contributed by atoms with van der Waals surface area (Å²) in [6.45, 7) is 0. The lowest BCUT2D eigenvalue weighted by molar-refractivity contribution is 0.0995. The number of benzene rings is 1. The van der Waals surface area contributed by atoms with Crippen LogP contribution in [0.15, 0.2) is 22.7 Å². The SMILES string of the molecule is NC(=O)c1nnc2c(Br)cccc2c1Cl. The second-order valence-corrected chi connectivity index (χ2v) is 4.10. The van der Waals surface area contributed by atoms with Crippen molar-refractivity contribution in [2.75, 3.05) is 0 Å². The van der Waals surface area contributed by atoms with E-state index in [4.69, 9.17) is 17.3 Å². The van der Waals surface area contributed by atoms with E-state index >= 15 is 0 Å². The third-order valence-corrected chi connectivity index (χ3v) is 2.94. The fourth-order valence-corrected chi connectivity index (χ4v) is 1.95. The Kier molecular flexibility index (Phi) is 2.58. The Balaban J connectivity index is 2.86. The molecular formula is C9H5BrClN3O. The van der Waals surface area contributed by atoms with Crippen LogP contribution in [0.3, 0.4) is 0 Å². The Morgan fingerprint density at radius 1 is 1.40 bits per heavy atom. The van der Waals surface area contributed by atoms with Crippen LogP contribution in [0.1, 0.15) is 10.5 Å². The molecule has 0 aliphatic carbocycles. The predicted octanol–water partition coefficient (Wildman–Crippen LogP) is 2.14. The molecule has 6 heteroatoms. The van der Waals surface area contributed by atoms with E-state index in [-0.39, 0.29) is 10.7 Å². The van der Waals surface area contributed by atoms with Crippen LogP contribution in [0, 0.1) is 0 Å². The van der Waals surface area contributed by atoms with Gasteiger partial charge in [0.15, 0.2) is 5.69 Å². The highest BCUT2D eigenvalue weighted by Crippen LogP contribution is 2.28. The molecule has 4 nitrogen and oxygen atoms in total. The lowest BCUT2D eigenvalue weighted by Crippen LogP contribution is -2.14. The number of hydrogen-bond donors (Lipinski definition) is 1. The van der Waals surface area contributed by atoms with Crippen molar-refractivity contribution in [1.29, 1.82) is 0 Å². The highest BCUT2D eigenvalue weighted by atomic mass is 79.9. The van der Waals surface area contributed by atoms with Crippen molar-refractivity contribution in [3.8, 4) is 0 Å². The van der Waals surface area contributed by atoms with Crippen LogP contribution in [0.5, 0.6) is 0 Å². The van der Waals surface area contributed by atoms with Gasteiger partial charge in [-0.05, 0) is 22.0 Å². The van der Waals surface area contributed by atoms with Crippen LogP contribution < -0.4 is 5.73 Å². The third-order valence-electron chi connectivity index (χ3n) is 1.91. The first-order valence-corrected chi connectivity index (χ1v) is 5.18. The Labute approximate surface area is 98.6 Å². The Bertz CT molecular complexity index is 558. The average Bonchev–Trinajstić information content (AvgIpc) is 2.19. The molecule has 1 heterocycles. The van der Waals surface area contributed by atoms with Crippen molar-refractivity contribution < 1.29 is 4.79 Å². The molecule has 76 valence electrons. The molecule has 0 radical (unpaired) electrons. The average molecular weight is 287 g/mol. The van der Waals surface area contributed by atoms with Gasteiger partial charge < -0.3 is 5.73 Å². The summed E-state index contributed by atoms with van der Waals surface area (Å²) in [4.78, 5) is 11.0. The van der Waals surface area contributed by atoms with Crippen molar-refractivity contribution >= 4 is 44.3 Å². The van der Waals surface area contributed by atoms with Crippen LogP contribution in [-0.2, 0) is 0 Å². The van der Waals surface area contributed by atoms with Gasteiger partial charge in [-0.2, -0.15) is 0 Å². The van der Waals surface area contributed by atoms with E-state index in [9.17, 15) is 4.79 Å². The van der Waals surface area contributed by atoms with Gasteiger partial charge in [0, 0.05) is 9.86 Å². The number of carbonyl (C=O) groups excluding carboxylic acids is 1. The molecule has 0 spiro atoms. The number of amides is 1. The molecule has 0 fully saturated rings. The number of aromatic nitrogens is 2. The van der Waals surface area contributed by atoms with E-state index in [1.165, 1.54) is 0 Å². The van der Waals surface area contributed by atoms with E-state index < -0.39 is 5.91 Å². The van der Waals surface area contributed by atoms with Crippen LogP contribution in [0.2, 0.25) is 5.02 Å². The van der Waals surface area contributed by atoms with Gasteiger partial charge in [-0.1, -0.05) is 23.7 Å². The second-order valence-electron chi connectivity index (χ2n) is 2.86. The largest absolute Gasteiger partial charge is 0.364 e. The van der Waals surface area contributed by atoms with Gasteiger partial charge in [-0.15, -0.1) is 10.2 Å². The highest BCUT2D eigenvalue weighted by Gasteiger charge is 2.13. The number of primary amides is 1. The minimum atomic E-state index is -0.686. The van der Waals surface area contributed by atoms with E-state index in [0.29, 0.717) is 10.9 Å². The topological polar surface area (TPSA) is 68.9 Å². The smallest absolute Gasteiger partial charge is 0.270 e. The molecule has 1 aromatic heterocycles. The fourth-order valence-electron chi connectivity index (χ4n) is 1.22. The molecule has 0 saturated carbocycles. The summed E-state index contributed by atoms with van der Waals surface area (Å²) in [5.41, 5.74) is 5.70. The summed E-state index contributed by atoms with van der Waals surface area (Å²) in [5, 5.41) is 8.44. The number of carbonyl (C=O) groups is 1. The van der Waals surface area contributed by atoms with Gasteiger partial charge in [0.05, 0.1) is 5.02 Å². The van der Waals surface area contributed by atoms with Gasteiger partial charge in [0.25, 0.3) is 5.91 Å². The normalized spacial score (nSPS) is 10.5. The van der Waals surface area contributed by atoms with Crippen LogP contribution in [-0.4, -0.2) is 16.1 Å². The first-order valence-electron chi connectivity index (χ1n) is 4.01. The zero-order chi connectivity index (χ0) is 11.0. The van der Waals surface area contributed by atoms with E-state index in [0.717, 1.165) is 4.47 Å². The van der Waals surface area contributed by atoms with Crippen molar-refractivity contribution in [2.45, 2.75) is 0 Å². The molecule has 0 atom stereocenters. The molecule has 0 unspecified atom stereocenters. The molecule has 1 aromatic carbocycles. The van der Waals surface area contributed by atoms with Gasteiger partial charge in [-0.25, -0.2) is 0 Å². The summed E-state index contributed by atoms with van der Waals surface area (Å²) in [5.74, 6) is -0.686. The van der Waals surface area contributed by atoms with Crippen LogP contribution >= 0.6 is 27.5 Å². The third kappa shape index (κ3) is 1.68. The molecule has 0 bridgehead atoms. The second kappa shape index (κ2) is 3.75. The molecule has 2 rings (SSSR count). The summed E-state index contributed by atoms with van der Waals surface area (Å²) in [6, 6.07) is 5.37. The van der Waals surface area contributed by atoms with Crippen molar-refractivity contribution in [3.05, 3.63) is 33.4 Å². The molecule has 2 N–H and O–H groups in total. The van der Waals surface area contributed by atoms with Gasteiger partial charge in [0.1, 0.15) is 5.52 Å². The molecule has 2 aromatic rings. The predicted molar refractivity (Wildman–Crippen MR) is 60.8 cm³/mol. The van der Waals surface area contributed by atoms with Gasteiger partial charge in [0.2, 0.25) is 0 Å². The summed E-state index contributed by atoms with van der Waals surface area (Å²) in [7, 11) is 0. The molecule has 0 aliphatic rings. The molecular weight excluding hydrogens is 281 g/mol. The number of rotatable bonds is 1. The number of halogens is 2. The first kappa shape index (κ1) is 10.3. The number of hydrogen-bond acceptors (Lipinski definition) is 3. The quantitative estimate of drug-likeness (QED) is 0.873.